The van der Waals surface area contributed by atoms with Gasteiger partial charge in [0.15, 0.2) is 0 Å². The zero-order valence-corrected chi connectivity index (χ0v) is 9.87. The number of amidine groups is 1. The summed E-state index contributed by atoms with van der Waals surface area (Å²) in [5.41, 5.74) is 3.22. The fourth-order valence-electron chi connectivity index (χ4n) is 2.63. The summed E-state index contributed by atoms with van der Waals surface area (Å²) in [6, 6.07) is 0.207. The van der Waals surface area contributed by atoms with Gasteiger partial charge in [0, 0.05) is 20.5 Å². The van der Waals surface area contributed by atoms with Crippen LogP contribution in [0, 0.1) is 11.3 Å². The van der Waals surface area contributed by atoms with Crippen molar-refractivity contribution in [3.8, 4) is 0 Å². The molecule has 84 valence electrons. The lowest BCUT2D eigenvalue weighted by Gasteiger charge is -2.36. The molecular weight excluding hydrogens is 190 g/mol. The molecule has 15 heavy (non-hydrogen) atoms. The van der Waals surface area contributed by atoms with Crippen molar-refractivity contribution < 1.29 is 4.79 Å². The molecule has 4 heteroatoms. The maximum atomic E-state index is 12.1. The Hall–Kier alpha value is -1.06. The lowest BCUT2D eigenvalue weighted by Crippen LogP contribution is -2.47. The number of hydrogen-bond acceptors (Lipinski definition) is 4. The highest BCUT2D eigenvalue weighted by atomic mass is 16.1. The Morgan fingerprint density at radius 3 is 2.73 bits per heavy atom. The second-order valence-electron chi connectivity index (χ2n) is 5.59. The molecule has 2 atom stereocenters. The first kappa shape index (κ1) is 10.5. The molecule has 1 N–H and O–H groups in total. The van der Waals surface area contributed by atoms with E-state index in [2.05, 4.69) is 24.4 Å². The van der Waals surface area contributed by atoms with Crippen molar-refractivity contribution in [3.63, 3.8) is 0 Å². The molecule has 0 aromatic heterocycles. The van der Waals surface area contributed by atoms with Gasteiger partial charge >= 0.3 is 0 Å². The minimum Gasteiger partial charge on any atom is -0.364 e. The van der Waals surface area contributed by atoms with Crippen LogP contribution in [0.4, 0.5) is 0 Å². The maximum Gasteiger partial charge on any atom is 0.146 e. The number of Topliss-reactive ketones (excluding diaryl/α,β-unsaturated/α-hetero) is 1. The van der Waals surface area contributed by atoms with E-state index in [1.165, 1.54) is 0 Å². The third kappa shape index (κ3) is 1.73. The predicted octanol–water partition coefficient (Wildman–Crippen LogP) is 0.839. The number of carbonyl (C=O) groups excluding carboxylic acids is 1. The van der Waals surface area contributed by atoms with Crippen LogP contribution < -0.4 is 5.43 Å². The zero-order valence-electron chi connectivity index (χ0n) is 9.87. The Kier molecular flexibility index (Phi) is 2.24. The van der Waals surface area contributed by atoms with E-state index in [9.17, 15) is 4.79 Å². The van der Waals surface area contributed by atoms with E-state index in [0.717, 1.165) is 12.3 Å². The van der Waals surface area contributed by atoms with Crippen molar-refractivity contribution in [3.05, 3.63) is 0 Å². The Morgan fingerprint density at radius 1 is 1.47 bits per heavy atom. The van der Waals surface area contributed by atoms with Gasteiger partial charge in [0.25, 0.3) is 0 Å². The van der Waals surface area contributed by atoms with Crippen molar-refractivity contribution in [1.29, 1.82) is 0 Å². The van der Waals surface area contributed by atoms with Gasteiger partial charge in [-0.3, -0.25) is 4.79 Å². The van der Waals surface area contributed by atoms with Crippen molar-refractivity contribution in [2.24, 2.45) is 16.4 Å². The van der Waals surface area contributed by atoms with Gasteiger partial charge in [0.1, 0.15) is 11.6 Å². The Morgan fingerprint density at radius 2 is 2.13 bits per heavy atom. The van der Waals surface area contributed by atoms with Crippen LogP contribution in [-0.2, 0) is 4.79 Å². The molecule has 0 spiro atoms. The van der Waals surface area contributed by atoms with E-state index in [1.807, 2.05) is 19.0 Å². The van der Waals surface area contributed by atoms with Gasteiger partial charge in [-0.1, -0.05) is 13.8 Å². The molecule has 0 aromatic carbocycles. The second kappa shape index (κ2) is 3.22. The van der Waals surface area contributed by atoms with Crippen LogP contribution in [0.2, 0.25) is 0 Å². The Balaban J connectivity index is 2.21. The largest absolute Gasteiger partial charge is 0.364 e. The molecule has 0 radical (unpaired) electrons. The molecular formula is C11H19N3O. The fraction of sp³-hybridized carbons (Fsp3) is 0.818. The van der Waals surface area contributed by atoms with Gasteiger partial charge in [0.05, 0.1) is 12.0 Å². The summed E-state index contributed by atoms with van der Waals surface area (Å²) in [6.07, 6.45) is 1.69. The smallest absolute Gasteiger partial charge is 0.146 e. The predicted molar refractivity (Wildman–Crippen MR) is 59.6 cm³/mol. The first-order valence-corrected chi connectivity index (χ1v) is 5.44. The normalized spacial score (nSPS) is 33.1. The van der Waals surface area contributed by atoms with Gasteiger partial charge in [-0.05, 0) is 11.8 Å². The van der Waals surface area contributed by atoms with Crippen LogP contribution in [-0.4, -0.2) is 36.7 Å². The number of carbonyl (C=O) groups is 1. The monoisotopic (exact) mass is 209 g/mol. The molecule has 0 amide bonds. The lowest BCUT2D eigenvalue weighted by atomic mass is 9.69. The maximum absolute atomic E-state index is 12.1. The number of fused-ring (bicyclic) bond motifs is 1. The number of ketones is 1. The third-order valence-electron chi connectivity index (χ3n) is 3.26. The van der Waals surface area contributed by atoms with E-state index in [0.29, 0.717) is 12.2 Å². The average molecular weight is 209 g/mol. The lowest BCUT2D eigenvalue weighted by molar-refractivity contribution is -0.126. The highest BCUT2D eigenvalue weighted by molar-refractivity contribution is 6.06. The highest BCUT2D eigenvalue weighted by Crippen LogP contribution is 2.38. The summed E-state index contributed by atoms with van der Waals surface area (Å²) >= 11 is 0. The van der Waals surface area contributed by atoms with Gasteiger partial charge in [0.2, 0.25) is 0 Å². The summed E-state index contributed by atoms with van der Waals surface area (Å²) in [5, 5.41) is 4.27. The molecule has 0 saturated heterocycles. The van der Waals surface area contributed by atoms with E-state index in [4.69, 9.17) is 0 Å². The minimum absolute atomic E-state index is 0.0203. The second-order valence-corrected chi connectivity index (χ2v) is 5.59. The molecule has 0 bridgehead atoms. The standard InChI is InChI=1S/C11H19N3O/c1-11(2)5-7-9(8(15)6-11)10(13-12-7)14(3)4/h7,9,12H,5-6H2,1-4H3/t7-,9+/m0/s1. The zero-order chi connectivity index (χ0) is 11.2. The summed E-state index contributed by atoms with van der Waals surface area (Å²) < 4.78 is 0. The van der Waals surface area contributed by atoms with Crippen molar-refractivity contribution in [2.45, 2.75) is 32.7 Å². The highest BCUT2D eigenvalue weighted by Gasteiger charge is 2.46. The Labute approximate surface area is 90.7 Å². The van der Waals surface area contributed by atoms with Gasteiger partial charge in [-0.2, -0.15) is 5.10 Å². The molecule has 1 fully saturated rings. The number of rotatable bonds is 0. The summed E-state index contributed by atoms with van der Waals surface area (Å²) in [5.74, 6) is 1.20. The van der Waals surface area contributed by atoms with E-state index in [-0.39, 0.29) is 17.4 Å². The molecule has 1 aliphatic heterocycles. The molecule has 1 aliphatic carbocycles. The number of nitrogens with one attached hydrogen (secondary N) is 1. The molecule has 1 heterocycles. The Bertz CT molecular complexity index is 320. The molecule has 0 aromatic rings. The van der Waals surface area contributed by atoms with Crippen LogP contribution in [0.15, 0.2) is 5.10 Å². The molecule has 0 unspecified atom stereocenters. The molecule has 1 saturated carbocycles. The third-order valence-corrected chi connectivity index (χ3v) is 3.26. The van der Waals surface area contributed by atoms with Crippen LogP contribution >= 0.6 is 0 Å². The quantitative estimate of drug-likeness (QED) is 0.643. The van der Waals surface area contributed by atoms with E-state index >= 15 is 0 Å². The summed E-state index contributed by atoms with van der Waals surface area (Å²) in [6.45, 7) is 4.30. The van der Waals surface area contributed by atoms with Crippen LogP contribution in [0.5, 0.6) is 0 Å². The van der Waals surface area contributed by atoms with Gasteiger partial charge in [-0.25, -0.2) is 0 Å². The topological polar surface area (TPSA) is 44.7 Å². The molecule has 4 nitrogen and oxygen atoms in total. The molecule has 2 aliphatic rings. The first-order valence-electron chi connectivity index (χ1n) is 5.44. The number of hydrazone groups is 1. The van der Waals surface area contributed by atoms with Crippen LogP contribution in [0.1, 0.15) is 26.7 Å². The van der Waals surface area contributed by atoms with Crippen molar-refractivity contribution in [2.75, 3.05) is 14.1 Å². The van der Waals surface area contributed by atoms with Crippen LogP contribution in [0.3, 0.4) is 0 Å². The van der Waals surface area contributed by atoms with Gasteiger partial charge < -0.3 is 10.3 Å². The SMILES string of the molecule is CN(C)C1=NN[C@H]2CC(C)(C)CC(=O)[C@H]12. The number of nitrogens with zero attached hydrogens (tertiary/aromatic N) is 2. The molecule has 2 rings (SSSR count). The first-order chi connectivity index (χ1) is 6.91. The van der Waals surface area contributed by atoms with Crippen molar-refractivity contribution >= 4 is 11.6 Å². The fourth-order valence-corrected chi connectivity index (χ4v) is 2.63. The van der Waals surface area contributed by atoms with E-state index in [1.54, 1.807) is 0 Å². The minimum atomic E-state index is -0.0203. The number of hydrogen-bond donors (Lipinski definition) is 1. The average Bonchev–Trinajstić information content (AvgIpc) is 2.45. The summed E-state index contributed by atoms with van der Waals surface area (Å²) in [4.78, 5) is 14.0. The van der Waals surface area contributed by atoms with E-state index < -0.39 is 0 Å². The van der Waals surface area contributed by atoms with Crippen molar-refractivity contribution in [1.82, 2.24) is 10.3 Å². The van der Waals surface area contributed by atoms with Gasteiger partial charge in [-0.15, -0.1) is 0 Å². The van der Waals surface area contributed by atoms with Crippen LogP contribution in [0.25, 0.3) is 0 Å². The summed E-state index contributed by atoms with van der Waals surface area (Å²) in [7, 11) is 3.88.